The Morgan fingerprint density at radius 2 is 2.20 bits per heavy atom. The summed E-state index contributed by atoms with van der Waals surface area (Å²) >= 11 is 4.93. The van der Waals surface area contributed by atoms with Gasteiger partial charge in [0.05, 0.1) is 11.9 Å². The molecule has 2 fully saturated rings. The zero-order valence-electron chi connectivity index (χ0n) is 11.8. The maximum Gasteiger partial charge on any atom is 0.133 e. The van der Waals surface area contributed by atoms with Gasteiger partial charge >= 0.3 is 0 Å². The Hall–Kier alpha value is -0.715. The van der Waals surface area contributed by atoms with Crippen LogP contribution in [0.4, 0.5) is 0 Å². The summed E-state index contributed by atoms with van der Waals surface area (Å²) in [6.07, 6.45) is 4.40. The highest BCUT2D eigenvalue weighted by Gasteiger charge is 2.55. The first-order valence-corrected chi connectivity index (χ1v) is 7.64. The van der Waals surface area contributed by atoms with Crippen LogP contribution in [-0.2, 0) is 0 Å². The monoisotopic (exact) mass is 292 g/mol. The zero-order chi connectivity index (χ0) is 14.4. The second kappa shape index (κ2) is 4.93. The molecule has 2 N–H and O–H groups in total. The van der Waals surface area contributed by atoms with E-state index in [4.69, 9.17) is 12.6 Å². The Labute approximate surface area is 126 Å². The predicted molar refractivity (Wildman–Crippen MR) is 84.1 cm³/mol. The van der Waals surface area contributed by atoms with Gasteiger partial charge in [0.2, 0.25) is 0 Å². The molecule has 108 valence electrons. The number of aliphatic hydroxyl groups excluding tert-OH is 1. The van der Waals surface area contributed by atoms with Gasteiger partial charge < -0.3 is 10.2 Å². The smallest absolute Gasteiger partial charge is 0.133 e. The highest BCUT2D eigenvalue weighted by atomic mass is 32.1. The SMILES string of the molecule is B[C@@]12CCC[C@]1(S)CN(CC(O)c1ccc(O)cn1)C2. The fourth-order valence-electron chi connectivity index (χ4n) is 3.78. The predicted octanol–water partition coefficient (Wildman–Crippen LogP) is 0.780. The lowest BCUT2D eigenvalue weighted by atomic mass is 9.63. The lowest BCUT2D eigenvalue weighted by Gasteiger charge is -2.31. The average molecular weight is 292 g/mol. The van der Waals surface area contributed by atoms with Crippen LogP contribution in [0, 0.1) is 0 Å². The summed E-state index contributed by atoms with van der Waals surface area (Å²) < 4.78 is 0.0924. The number of rotatable bonds is 3. The summed E-state index contributed by atoms with van der Waals surface area (Å²) in [6.45, 7) is 2.50. The molecule has 1 aliphatic carbocycles. The van der Waals surface area contributed by atoms with Gasteiger partial charge in [0, 0.05) is 17.8 Å². The summed E-state index contributed by atoms with van der Waals surface area (Å²) in [5.74, 6) is 0.124. The molecule has 20 heavy (non-hydrogen) atoms. The number of aliphatic hydroxyl groups is 1. The van der Waals surface area contributed by atoms with E-state index >= 15 is 0 Å². The van der Waals surface area contributed by atoms with E-state index in [0.717, 1.165) is 19.5 Å². The largest absolute Gasteiger partial charge is 0.506 e. The van der Waals surface area contributed by atoms with Crippen molar-refractivity contribution in [3.63, 3.8) is 0 Å². The molecule has 1 unspecified atom stereocenters. The van der Waals surface area contributed by atoms with Crippen LogP contribution in [0.1, 0.15) is 31.1 Å². The minimum Gasteiger partial charge on any atom is -0.506 e. The number of thiol groups is 1. The molecule has 3 atom stereocenters. The minimum absolute atomic E-state index is 0.0924. The molecule has 0 spiro atoms. The molecule has 1 saturated heterocycles. The fourth-order valence-corrected chi connectivity index (χ4v) is 4.32. The standard InChI is InChI=1S/C14H21BN2O2S/c15-13-4-1-5-14(13,20)9-17(8-13)7-12(19)11-3-2-10(18)6-16-11/h2-3,6,12,18-20H,1,4-5,7-9,15H2/t12?,13-,14+/m1/s1. The Balaban J connectivity index is 1.66. The van der Waals surface area contributed by atoms with Crippen LogP contribution >= 0.6 is 12.6 Å². The molecule has 4 nitrogen and oxygen atoms in total. The lowest BCUT2D eigenvalue weighted by Crippen LogP contribution is -2.32. The van der Waals surface area contributed by atoms with Crippen LogP contribution in [0.15, 0.2) is 18.3 Å². The molecule has 0 bridgehead atoms. The number of aromatic hydroxyl groups is 1. The van der Waals surface area contributed by atoms with Crippen LogP contribution in [0.3, 0.4) is 0 Å². The molecule has 0 amide bonds. The number of nitrogens with zero attached hydrogens (tertiary/aromatic N) is 2. The number of β-amino-alcohol motifs (C(OH)–C–C–N with tert-alkyl or cyclic N) is 1. The van der Waals surface area contributed by atoms with Crippen LogP contribution in [-0.4, -0.2) is 52.3 Å². The molecular weight excluding hydrogens is 271 g/mol. The number of pyridine rings is 1. The summed E-state index contributed by atoms with van der Waals surface area (Å²) in [5.41, 5.74) is 0.609. The number of hydrogen-bond donors (Lipinski definition) is 3. The van der Waals surface area contributed by atoms with Gasteiger partial charge in [0.1, 0.15) is 19.7 Å². The van der Waals surface area contributed by atoms with Crippen molar-refractivity contribution in [1.82, 2.24) is 9.88 Å². The second-order valence-electron chi connectivity index (χ2n) is 6.57. The first-order chi connectivity index (χ1) is 9.42. The Bertz CT molecular complexity index is 482. The van der Waals surface area contributed by atoms with Crippen LogP contribution in [0.2, 0.25) is 5.31 Å². The van der Waals surface area contributed by atoms with Crippen LogP contribution in [0.5, 0.6) is 5.75 Å². The summed E-state index contributed by atoms with van der Waals surface area (Å²) in [4.78, 5) is 6.38. The first-order valence-electron chi connectivity index (χ1n) is 7.20. The van der Waals surface area contributed by atoms with Crippen molar-refractivity contribution < 1.29 is 10.2 Å². The van der Waals surface area contributed by atoms with Crippen molar-refractivity contribution in [3.8, 4) is 5.75 Å². The molecule has 1 aliphatic heterocycles. The third-order valence-corrected chi connectivity index (χ3v) is 5.95. The van der Waals surface area contributed by atoms with E-state index in [1.165, 1.54) is 19.0 Å². The van der Waals surface area contributed by atoms with Crippen molar-refractivity contribution in [1.29, 1.82) is 0 Å². The number of hydrogen-bond acceptors (Lipinski definition) is 5. The Morgan fingerprint density at radius 1 is 1.40 bits per heavy atom. The second-order valence-corrected chi connectivity index (χ2v) is 7.43. The maximum atomic E-state index is 10.3. The van der Waals surface area contributed by atoms with Gasteiger partial charge in [-0.15, -0.1) is 0 Å². The van der Waals surface area contributed by atoms with Crippen molar-refractivity contribution >= 4 is 20.5 Å². The van der Waals surface area contributed by atoms with Crippen LogP contribution in [0.25, 0.3) is 0 Å². The van der Waals surface area contributed by atoms with Crippen molar-refractivity contribution in [2.45, 2.75) is 35.4 Å². The zero-order valence-corrected chi connectivity index (χ0v) is 12.7. The summed E-state index contributed by atoms with van der Waals surface area (Å²) in [6, 6.07) is 3.24. The molecule has 1 aromatic rings. The third-order valence-electron chi connectivity index (χ3n) is 5.04. The van der Waals surface area contributed by atoms with Gasteiger partial charge in [0.25, 0.3) is 0 Å². The minimum atomic E-state index is -0.616. The van der Waals surface area contributed by atoms with Crippen LogP contribution < -0.4 is 0 Å². The molecule has 1 aromatic heterocycles. The van der Waals surface area contributed by atoms with E-state index in [0.29, 0.717) is 12.2 Å². The molecule has 6 heteroatoms. The quantitative estimate of drug-likeness (QED) is 0.569. The molecule has 1 saturated carbocycles. The van der Waals surface area contributed by atoms with E-state index in [1.54, 1.807) is 12.1 Å². The molecular formula is C14H21BN2O2S. The molecule has 0 aromatic carbocycles. The number of likely N-dealkylation sites (tertiary alicyclic amines) is 1. The van der Waals surface area contributed by atoms with Gasteiger partial charge in [0.15, 0.2) is 0 Å². The molecule has 2 aliphatic rings. The van der Waals surface area contributed by atoms with Gasteiger partial charge in [-0.05, 0) is 30.4 Å². The van der Waals surface area contributed by atoms with Gasteiger partial charge in [-0.2, -0.15) is 12.6 Å². The van der Waals surface area contributed by atoms with E-state index in [9.17, 15) is 10.2 Å². The molecule has 0 radical (unpaired) electrons. The topological polar surface area (TPSA) is 56.6 Å². The van der Waals surface area contributed by atoms with E-state index in [2.05, 4.69) is 17.7 Å². The summed E-state index contributed by atoms with van der Waals surface area (Å²) in [5, 5.41) is 19.8. The average Bonchev–Trinajstić information content (AvgIpc) is 2.77. The van der Waals surface area contributed by atoms with Crippen molar-refractivity contribution in [2.24, 2.45) is 0 Å². The summed E-state index contributed by atoms with van der Waals surface area (Å²) in [7, 11) is 2.32. The van der Waals surface area contributed by atoms with Crippen molar-refractivity contribution in [2.75, 3.05) is 19.6 Å². The van der Waals surface area contributed by atoms with E-state index in [-0.39, 0.29) is 15.8 Å². The maximum absolute atomic E-state index is 10.3. The Kier molecular flexibility index (Phi) is 3.51. The normalized spacial score (nSPS) is 35.1. The van der Waals surface area contributed by atoms with Gasteiger partial charge in [-0.1, -0.05) is 12.8 Å². The lowest BCUT2D eigenvalue weighted by molar-refractivity contribution is 0.119. The Morgan fingerprint density at radius 3 is 2.85 bits per heavy atom. The first kappa shape index (κ1) is 14.2. The van der Waals surface area contributed by atoms with E-state index in [1.807, 2.05) is 0 Å². The van der Waals surface area contributed by atoms with E-state index < -0.39 is 6.10 Å². The molecule has 2 heterocycles. The molecule has 3 rings (SSSR count). The highest BCUT2D eigenvalue weighted by Crippen LogP contribution is 2.58. The number of aromatic nitrogens is 1. The highest BCUT2D eigenvalue weighted by molar-refractivity contribution is 7.82. The van der Waals surface area contributed by atoms with Gasteiger partial charge in [-0.3, -0.25) is 9.88 Å². The van der Waals surface area contributed by atoms with Gasteiger partial charge in [-0.25, -0.2) is 0 Å². The number of fused-ring (bicyclic) bond motifs is 1. The third kappa shape index (κ3) is 2.34. The fraction of sp³-hybridized carbons (Fsp3) is 0.643. The van der Waals surface area contributed by atoms with Crippen molar-refractivity contribution in [3.05, 3.63) is 24.0 Å².